The van der Waals surface area contributed by atoms with E-state index in [-0.39, 0.29) is 27.4 Å². The first-order valence-corrected chi connectivity index (χ1v) is 5.76. The molecule has 0 bridgehead atoms. The van der Waals surface area contributed by atoms with Gasteiger partial charge in [-0.3, -0.25) is 10.1 Å². The van der Waals surface area contributed by atoms with Gasteiger partial charge in [-0.05, 0) is 12.1 Å². The van der Waals surface area contributed by atoms with E-state index in [0.717, 1.165) is 12.1 Å². The number of benzene rings is 1. The molecule has 0 spiro atoms. The average Bonchev–Trinajstić information content (AvgIpc) is 2.34. The van der Waals surface area contributed by atoms with Gasteiger partial charge in [-0.1, -0.05) is 29.3 Å². The molecular weight excluding hydrogens is 296 g/mol. The molecule has 2 rings (SSSR count). The Labute approximate surface area is 117 Å². The van der Waals surface area contributed by atoms with Crippen LogP contribution in [0.15, 0.2) is 30.3 Å². The van der Waals surface area contributed by atoms with Crippen LogP contribution in [0.3, 0.4) is 0 Å². The minimum Gasteiger partial charge on any atom is -0.338 e. The van der Waals surface area contributed by atoms with Crippen molar-refractivity contribution in [1.29, 1.82) is 0 Å². The number of hydrogen-bond donors (Lipinski definition) is 1. The van der Waals surface area contributed by atoms with Gasteiger partial charge < -0.3 is 5.32 Å². The molecule has 5 nitrogen and oxygen atoms in total. The molecule has 0 saturated carbocycles. The second-order valence-corrected chi connectivity index (χ2v) is 4.31. The number of pyridine rings is 1. The maximum atomic E-state index is 13.7. The molecule has 2 aromatic rings. The third-order valence-electron chi connectivity index (χ3n) is 2.20. The minimum atomic E-state index is -0.673. The van der Waals surface area contributed by atoms with Crippen LogP contribution in [0.5, 0.6) is 0 Å². The molecule has 0 fully saturated rings. The lowest BCUT2D eigenvalue weighted by atomic mass is 10.3. The zero-order valence-electron chi connectivity index (χ0n) is 9.23. The van der Waals surface area contributed by atoms with Crippen molar-refractivity contribution in [3.63, 3.8) is 0 Å². The summed E-state index contributed by atoms with van der Waals surface area (Å²) in [6.07, 6.45) is 0. The molecule has 0 amide bonds. The van der Waals surface area contributed by atoms with Crippen molar-refractivity contribution in [2.45, 2.75) is 0 Å². The van der Waals surface area contributed by atoms with Gasteiger partial charge in [0.2, 0.25) is 0 Å². The van der Waals surface area contributed by atoms with Gasteiger partial charge in [0.15, 0.2) is 5.82 Å². The van der Waals surface area contributed by atoms with E-state index in [1.807, 2.05) is 0 Å². The third kappa shape index (κ3) is 3.10. The van der Waals surface area contributed by atoms with E-state index in [2.05, 4.69) is 10.3 Å². The van der Waals surface area contributed by atoms with Crippen LogP contribution < -0.4 is 5.32 Å². The molecule has 98 valence electrons. The normalized spacial score (nSPS) is 10.3. The highest BCUT2D eigenvalue weighted by molar-refractivity contribution is 6.31. The van der Waals surface area contributed by atoms with E-state index in [9.17, 15) is 14.5 Å². The lowest BCUT2D eigenvalue weighted by Crippen LogP contribution is -1.98. The van der Waals surface area contributed by atoms with Gasteiger partial charge in [0.1, 0.15) is 11.0 Å². The van der Waals surface area contributed by atoms with Gasteiger partial charge >= 0.3 is 0 Å². The SMILES string of the molecule is O=[N+]([O-])c1cc(Cl)nc(Nc2cccc(Cl)c2F)c1. The molecule has 0 unspecified atom stereocenters. The Kier molecular flexibility index (Phi) is 3.82. The number of nitro groups is 1. The summed E-state index contributed by atoms with van der Waals surface area (Å²) in [4.78, 5) is 13.9. The number of halogens is 3. The summed E-state index contributed by atoms with van der Waals surface area (Å²) in [5, 5.41) is 13.1. The number of hydrogen-bond acceptors (Lipinski definition) is 4. The summed E-state index contributed by atoms with van der Waals surface area (Å²) < 4.78 is 13.7. The summed E-state index contributed by atoms with van der Waals surface area (Å²) in [7, 11) is 0. The van der Waals surface area contributed by atoms with Crippen molar-refractivity contribution in [2.75, 3.05) is 5.32 Å². The largest absolute Gasteiger partial charge is 0.338 e. The monoisotopic (exact) mass is 301 g/mol. The van der Waals surface area contributed by atoms with Crippen molar-refractivity contribution in [3.05, 3.63) is 56.4 Å². The van der Waals surface area contributed by atoms with Crippen molar-refractivity contribution in [2.24, 2.45) is 0 Å². The fourth-order valence-corrected chi connectivity index (χ4v) is 1.77. The fraction of sp³-hybridized carbons (Fsp3) is 0. The molecule has 1 N–H and O–H groups in total. The molecule has 0 radical (unpaired) electrons. The number of aromatic nitrogens is 1. The van der Waals surface area contributed by atoms with Crippen LogP contribution in [-0.4, -0.2) is 9.91 Å². The highest BCUT2D eigenvalue weighted by Crippen LogP contribution is 2.27. The zero-order chi connectivity index (χ0) is 14.0. The quantitative estimate of drug-likeness (QED) is 0.524. The maximum absolute atomic E-state index is 13.7. The molecular formula is C11H6Cl2FN3O2. The average molecular weight is 302 g/mol. The number of rotatable bonds is 3. The lowest BCUT2D eigenvalue weighted by molar-refractivity contribution is -0.384. The van der Waals surface area contributed by atoms with Crippen molar-refractivity contribution >= 4 is 40.4 Å². The third-order valence-corrected chi connectivity index (χ3v) is 2.69. The molecule has 0 atom stereocenters. The number of nitrogens with zero attached hydrogens (tertiary/aromatic N) is 2. The summed E-state index contributed by atoms with van der Waals surface area (Å²) in [6, 6.07) is 6.59. The summed E-state index contributed by atoms with van der Waals surface area (Å²) >= 11 is 11.3. The Morgan fingerprint density at radius 1 is 1.32 bits per heavy atom. The van der Waals surface area contributed by atoms with Gasteiger partial charge in [-0.2, -0.15) is 0 Å². The number of anilines is 2. The van der Waals surface area contributed by atoms with E-state index >= 15 is 0 Å². The molecule has 0 saturated heterocycles. The molecule has 8 heteroatoms. The van der Waals surface area contributed by atoms with E-state index in [1.54, 1.807) is 0 Å². The smallest absolute Gasteiger partial charge is 0.276 e. The Morgan fingerprint density at radius 3 is 2.74 bits per heavy atom. The van der Waals surface area contributed by atoms with Crippen LogP contribution in [0, 0.1) is 15.9 Å². The summed E-state index contributed by atoms with van der Waals surface area (Å²) in [5.41, 5.74) is -0.193. The van der Waals surface area contributed by atoms with Gasteiger partial charge in [0.25, 0.3) is 5.69 Å². The molecule has 0 aliphatic carbocycles. The Hall–Kier alpha value is -1.92. The van der Waals surface area contributed by atoms with Crippen LogP contribution in [-0.2, 0) is 0 Å². The second kappa shape index (κ2) is 5.38. The highest BCUT2D eigenvalue weighted by Gasteiger charge is 2.12. The molecule has 1 aromatic carbocycles. The van der Waals surface area contributed by atoms with Gasteiger partial charge in [-0.15, -0.1) is 0 Å². The van der Waals surface area contributed by atoms with Crippen LogP contribution in [0.4, 0.5) is 21.6 Å². The van der Waals surface area contributed by atoms with E-state index in [4.69, 9.17) is 23.2 Å². The Balaban J connectivity index is 2.38. The van der Waals surface area contributed by atoms with Crippen molar-refractivity contribution < 1.29 is 9.31 Å². The predicted molar refractivity (Wildman–Crippen MR) is 70.6 cm³/mol. The first-order chi connectivity index (χ1) is 8.97. The standard InChI is InChI=1S/C11H6Cl2FN3O2/c12-7-2-1-3-8(11(7)14)15-10-5-6(17(18)19)4-9(13)16-10/h1-5H,(H,15,16). The lowest BCUT2D eigenvalue weighted by Gasteiger charge is -2.07. The van der Waals surface area contributed by atoms with Crippen LogP contribution in [0.2, 0.25) is 10.2 Å². The van der Waals surface area contributed by atoms with Crippen molar-refractivity contribution in [3.8, 4) is 0 Å². The first-order valence-electron chi connectivity index (χ1n) is 5.00. The van der Waals surface area contributed by atoms with Gasteiger partial charge in [0.05, 0.1) is 27.8 Å². The maximum Gasteiger partial charge on any atom is 0.276 e. The highest BCUT2D eigenvalue weighted by atomic mass is 35.5. The number of nitrogens with one attached hydrogen (secondary N) is 1. The topological polar surface area (TPSA) is 68.1 Å². The second-order valence-electron chi connectivity index (χ2n) is 3.52. The van der Waals surface area contributed by atoms with Gasteiger partial charge in [0, 0.05) is 0 Å². The zero-order valence-corrected chi connectivity index (χ0v) is 10.7. The van der Waals surface area contributed by atoms with Crippen LogP contribution in [0.1, 0.15) is 0 Å². The molecule has 1 heterocycles. The summed E-state index contributed by atoms with van der Waals surface area (Å²) in [5.74, 6) is -0.617. The van der Waals surface area contributed by atoms with E-state index in [1.165, 1.54) is 18.2 Å². The predicted octanol–water partition coefficient (Wildman–Crippen LogP) is 4.18. The molecule has 0 aliphatic rings. The molecule has 19 heavy (non-hydrogen) atoms. The van der Waals surface area contributed by atoms with Crippen LogP contribution in [0.25, 0.3) is 0 Å². The fourth-order valence-electron chi connectivity index (χ4n) is 1.39. The first kappa shape index (κ1) is 13.5. The van der Waals surface area contributed by atoms with Crippen LogP contribution >= 0.6 is 23.2 Å². The van der Waals surface area contributed by atoms with Gasteiger partial charge in [-0.25, -0.2) is 9.37 Å². The Bertz CT molecular complexity index is 652. The molecule has 0 aliphatic heterocycles. The summed E-state index contributed by atoms with van der Waals surface area (Å²) in [6.45, 7) is 0. The minimum absolute atomic E-state index is 0.0524. The Morgan fingerprint density at radius 2 is 2.05 bits per heavy atom. The van der Waals surface area contributed by atoms with E-state index in [0.29, 0.717) is 0 Å². The van der Waals surface area contributed by atoms with Crippen molar-refractivity contribution in [1.82, 2.24) is 4.98 Å². The molecule has 1 aromatic heterocycles. The van der Waals surface area contributed by atoms with E-state index < -0.39 is 10.7 Å².